The normalized spacial score (nSPS) is 10.8. The number of nitrogens with two attached hydrogens (primary N) is 1. The Bertz CT molecular complexity index is 727. The Balaban J connectivity index is 2.06. The molecule has 2 aromatic carbocycles. The van der Waals surface area contributed by atoms with Crippen LogP contribution in [-0.4, -0.2) is 17.4 Å². The van der Waals surface area contributed by atoms with Crippen molar-refractivity contribution in [1.29, 1.82) is 0 Å². The van der Waals surface area contributed by atoms with Gasteiger partial charge in [0.25, 0.3) is 0 Å². The number of anilines is 1. The van der Waals surface area contributed by atoms with Crippen LogP contribution in [0.5, 0.6) is 5.75 Å². The predicted octanol–water partition coefficient (Wildman–Crippen LogP) is 2.96. The molecule has 19 heavy (non-hydrogen) atoms. The number of methoxy groups -OCH3 is 1. The van der Waals surface area contributed by atoms with E-state index in [1.54, 1.807) is 13.2 Å². The molecule has 2 N–H and O–H groups in total. The van der Waals surface area contributed by atoms with E-state index in [0.29, 0.717) is 16.7 Å². The van der Waals surface area contributed by atoms with Crippen LogP contribution in [0.15, 0.2) is 50.8 Å². The molecule has 0 unspecified atom stereocenters. The van der Waals surface area contributed by atoms with Crippen molar-refractivity contribution < 1.29 is 9.37 Å². The number of nitrogens with zero attached hydrogens (tertiary/aromatic N) is 2. The monoisotopic (exact) mass is 273 g/mol. The van der Waals surface area contributed by atoms with Gasteiger partial charge in [-0.1, -0.05) is 23.9 Å². The molecule has 0 radical (unpaired) electrons. The average Bonchev–Trinajstić information content (AvgIpc) is 2.93. The third kappa shape index (κ3) is 2.10. The van der Waals surface area contributed by atoms with Gasteiger partial charge in [-0.15, -0.1) is 0 Å². The minimum absolute atomic E-state index is 0.556. The first-order valence-corrected chi connectivity index (χ1v) is 6.43. The molecule has 0 aliphatic heterocycles. The first-order valence-electron chi connectivity index (χ1n) is 5.61. The summed E-state index contributed by atoms with van der Waals surface area (Å²) in [6.07, 6.45) is 0. The number of para-hydroxylation sites is 1. The van der Waals surface area contributed by atoms with Crippen LogP contribution in [-0.2, 0) is 0 Å². The van der Waals surface area contributed by atoms with Gasteiger partial charge < -0.3 is 10.5 Å². The van der Waals surface area contributed by atoms with E-state index in [4.69, 9.17) is 15.1 Å². The molecule has 1 aromatic heterocycles. The summed E-state index contributed by atoms with van der Waals surface area (Å²) in [4.78, 5) is 1.93. The molecule has 96 valence electrons. The smallest absolute Gasteiger partial charge is 0.159 e. The Kier molecular flexibility index (Phi) is 3.00. The third-order valence-corrected chi connectivity index (χ3v) is 3.81. The van der Waals surface area contributed by atoms with Gasteiger partial charge in [0.15, 0.2) is 11.0 Å². The zero-order valence-corrected chi connectivity index (χ0v) is 11.0. The van der Waals surface area contributed by atoms with Crippen LogP contribution in [0.3, 0.4) is 0 Å². The Morgan fingerprint density at radius 3 is 2.68 bits per heavy atom. The summed E-state index contributed by atoms with van der Waals surface area (Å²) in [7, 11) is 1.65. The molecule has 0 saturated carbocycles. The van der Waals surface area contributed by atoms with Crippen LogP contribution < -0.4 is 10.5 Å². The molecule has 0 saturated heterocycles. The standard InChI is InChI=1S/C13H11N3O2S/c1-17-9-4-2-3-5-10(9)19-11-7-6-8(14)12-13(11)16-18-15-12/h2-7H,14H2,1H3. The Labute approximate surface area is 113 Å². The van der Waals surface area contributed by atoms with Crippen LogP contribution in [0.2, 0.25) is 0 Å². The number of aromatic nitrogens is 2. The topological polar surface area (TPSA) is 74.2 Å². The van der Waals surface area contributed by atoms with E-state index in [0.717, 1.165) is 15.5 Å². The van der Waals surface area contributed by atoms with Crippen molar-refractivity contribution in [2.24, 2.45) is 0 Å². The molecule has 1 heterocycles. The largest absolute Gasteiger partial charge is 0.496 e. The molecular weight excluding hydrogens is 262 g/mol. The van der Waals surface area contributed by atoms with Crippen LogP contribution >= 0.6 is 11.8 Å². The van der Waals surface area contributed by atoms with Gasteiger partial charge in [0, 0.05) is 4.90 Å². The van der Waals surface area contributed by atoms with Crippen LogP contribution in [0.25, 0.3) is 11.0 Å². The van der Waals surface area contributed by atoms with Crippen molar-refractivity contribution in [2.45, 2.75) is 9.79 Å². The van der Waals surface area contributed by atoms with Gasteiger partial charge in [-0.2, -0.15) is 0 Å². The highest BCUT2D eigenvalue weighted by atomic mass is 32.2. The number of ether oxygens (including phenoxy) is 1. The van der Waals surface area contributed by atoms with Crippen molar-refractivity contribution in [1.82, 2.24) is 10.3 Å². The van der Waals surface area contributed by atoms with E-state index in [1.165, 1.54) is 11.8 Å². The maximum atomic E-state index is 5.82. The highest BCUT2D eigenvalue weighted by Gasteiger charge is 2.12. The Morgan fingerprint density at radius 2 is 1.84 bits per heavy atom. The maximum Gasteiger partial charge on any atom is 0.159 e. The van der Waals surface area contributed by atoms with Gasteiger partial charge in [0.2, 0.25) is 0 Å². The number of hydrogen-bond acceptors (Lipinski definition) is 6. The van der Waals surface area contributed by atoms with Crippen molar-refractivity contribution in [3.05, 3.63) is 36.4 Å². The lowest BCUT2D eigenvalue weighted by molar-refractivity contribution is 0.315. The van der Waals surface area contributed by atoms with Crippen LogP contribution in [0.4, 0.5) is 5.69 Å². The Morgan fingerprint density at radius 1 is 1.05 bits per heavy atom. The minimum Gasteiger partial charge on any atom is -0.496 e. The molecule has 3 aromatic rings. The molecule has 3 rings (SSSR count). The first-order chi connectivity index (χ1) is 9.29. The molecule has 0 spiro atoms. The molecule has 0 bridgehead atoms. The molecule has 0 fully saturated rings. The van der Waals surface area contributed by atoms with Crippen LogP contribution in [0.1, 0.15) is 0 Å². The van der Waals surface area contributed by atoms with E-state index in [2.05, 4.69) is 10.3 Å². The zero-order chi connectivity index (χ0) is 13.2. The second-order valence-corrected chi connectivity index (χ2v) is 4.95. The lowest BCUT2D eigenvalue weighted by Crippen LogP contribution is -1.89. The summed E-state index contributed by atoms with van der Waals surface area (Å²) < 4.78 is 10.1. The van der Waals surface area contributed by atoms with Gasteiger partial charge in [-0.3, -0.25) is 0 Å². The minimum atomic E-state index is 0.556. The lowest BCUT2D eigenvalue weighted by atomic mass is 10.3. The summed E-state index contributed by atoms with van der Waals surface area (Å²) in [5.74, 6) is 0.814. The second kappa shape index (κ2) is 4.81. The molecular formula is C13H11N3O2S. The average molecular weight is 273 g/mol. The van der Waals surface area contributed by atoms with E-state index >= 15 is 0 Å². The van der Waals surface area contributed by atoms with E-state index in [1.807, 2.05) is 30.3 Å². The van der Waals surface area contributed by atoms with Gasteiger partial charge in [0.1, 0.15) is 5.75 Å². The highest BCUT2D eigenvalue weighted by molar-refractivity contribution is 7.99. The third-order valence-electron chi connectivity index (χ3n) is 2.70. The van der Waals surface area contributed by atoms with Gasteiger partial charge in [-0.05, 0) is 34.6 Å². The maximum absolute atomic E-state index is 5.82. The summed E-state index contributed by atoms with van der Waals surface area (Å²) >= 11 is 1.54. The summed E-state index contributed by atoms with van der Waals surface area (Å²) in [5.41, 5.74) is 7.62. The lowest BCUT2D eigenvalue weighted by Gasteiger charge is -2.07. The zero-order valence-electron chi connectivity index (χ0n) is 10.2. The van der Waals surface area contributed by atoms with Crippen LogP contribution in [0, 0.1) is 0 Å². The molecule has 0 amide bonds. The van der Waals surface area contributed by atoms with Gasteiger partial charge >= 0.3 is 0 Å². The number of hydrogen-bond donors (Lipinski definition) is 1. The summed E-state index contributed by atoms with van der Waals surface area (Å²) in [6, 6.07) is 11.5. The Hall–Kier alpha value is -2.21. The fourth-order valence-corrected chi connectivity index (χ4v) is 2.77. The number of benzene rings is 2. The fraction of sp³-hybridized carbons (Fsp3) is 0.0769. The molecule has 5 nitrogen and oxygen atoms in total. The fourth-order valence-electron chi connectivity index (χ4n) is 1.77. The van der Waals surface area contributed by atoms with E-state index in [-0.39, 0.29) is 0 Å². The number of rotatable bonds is 3. The SMILES string of the molecule is COc1ccccc1Sc1ccc(N)c2nonc12. The van der Waals surface area contributed by atoms with E-state index < -0.39 is 0 Å². The molecule has 0 aliphatic rings. The summed E-state index contributed by atoms with van der Waals surface area (Å²) in [6.45, 7) is 0. The second-order valence-electron chi connectivity index (χ2n) is 3.87. The van der Waals surface area contributed by atoms with Crippen molar-refractivity contribution in [2.75, 3.05) is 12.8 Å². The highest BCUT2D eigenvalue weighted by Crippen LogP contribution is 2.38. The predicted molar refractivity (Wildman–Crippen MR) is 73.3 cm³/mol. The summed E-state index contributed by atoms with van der Waals surface area (Å²) in [5, 5.41) is 7.71. The molecule has 0 aliphatic carbocycles. The number of nitrogen functional groups attached to an aromatic ring is 1. The molecule has 6 heteroatoms. The number of fused-ring (bicyclic) bond motifs is 1. The van der Waals surface area contributed by atoms with Crippen molar-refractivity contribution in [3.8, 4) is 5.75 Å². The van der Waals surface area contributed by atoms with Gasteiger partial charge in [-0.25, -0.2) is 4.63 Å². The van der Waals surface area contributed by atoms with Gasteiger partial charge in [0.05, 0.1) is 17.7 Å². The van der Waals surface area contributed by atoms with Crippen molar-refractivity contribution >= 4 is 28.5 Å². The first kappa shape index (κ1) is 11.9. The van der Waals surface area contributed by atoms with Crippen molar-refractivity contribution in [3.63, 3.8) is 0 Å². The van der Waals surface area contributed by atoms with E-state index in [9.17, 15) is 0 Å². The molecule has 0 atom stereocenters. The quantitative estimate of drug-likeness (QED) is 0.739.